The molecule has 1 aromatic carbocycles. The van der Waals surface area contributed by atoms with Crippen molar-refractivity contribution in [1.82, 2.24) is 15.2 Å². The lowest BCUT2D eigenvalue weighted by Crippen LogP contribution is -2.45. The van der Waals surface area contributed by atoms with E-state index in [2.05, 4.69) is 45.5 Å². The Kier molecular flexibility index (Phi) is 6.15. The summed E-state index contributed by atoms with van der Waals surface area (Å²) in [4.78, 5) is 30.5. The predicted molar refractivity (Wildman–Crippen MR) is 124 cm³/mol. The van der Waals surface area contributed by atoms with E-state index in [4.69, 9.17) is 4.74 Å². The Morgan fingerprint density at radius 1 is 1.12 bits per heavy atom. The molecule has 0 saturated carbocycles. The van der Waals surface area contributed by atoms with Crippen molar-refractivity contribution in [3.8, 4) is 0 Å². The average Bonchev–Trinajstić information content (AvgIpc) is 3.22. The van der Waals surface area contributed by atoms with Crippen LogP contribution < -0.4 is 10.9 Å². The van der Waals surface area contributed by atoms with Gasteiger partial charge in [0.15, 0.2) is 0 Å². The highest BCUT2D eigenvalue weighted by Gasteiger charge is 2.42. The molecule has 2 fully saturated rings. The minimum absolute atomic E-state index is 0.0244. The number of hydrogen-bond acceptors (Lipinski definition) is 4. The van der Waals surface area contributed by atoms with E-state index in [1.807, 2.05) is 0 Å². The van der Waals surface area contributed by atoms with Gasteiger partial charge >= 0.3 is 0 Å². The molecular weight excluding hydrogens is 402 g/mol. The number of rotatable bonds is 5. The molecule has 2 saturated heterocycles. The lowest BCUT2D eigenvalue weighted by molar-refractivity contribution is -0.0764. The summed E-state index contributed by atoms with van der Waals surface area (Å²) in [5.41, 5.74) is 3.36. The van der Waals surface area contributed by atoms with Gasteiger partial charge in [-0.15, -0.1) is 0 Å². The number of fused-ring (bicyclic) bond motifs is 1. The Labute approximate surface area is 189 Å². The first-order valence-electron chi connectivity index (χ1n) is 12.1. The summed E-state index contributed by atoms with van der Waals surface area (Å²) in [7, 11) is 0. The van der Waals surface area contributed by atoms with E-state index >= 15 is 0 Å². The number of amides is 1. The molecule has 2 aliphatic heterocycles. The molecule has 5 rings (SSSR count). The molecule has 32 heavy (non-hydrogen) atoms. The second-order valence-corrected chi connectivity index (χ2v) is 9.66. The van der Waals surface area contributed by atoms with Gasteiger partial charge in [0.2, 0.25) is 0 Å². The fourth-order valence-electron chi connectivity index (χ4n) is 5.51. The third kappa shape index (κ3) is 4.66. The van der Waals surface area contributed by atoms with Crippen LogP contribution in [0.25, 0.3) is 0 Å². The van der Waals surface area contributed by atoms with E-state index < -0.39 is 0 Å². The molecule has 6 nitrogen and oxygen atoms in total. The molecule has 3 heterocycles. The molecule has 2 aromatic rings. The van der Waals surface area contributed by atoms with Gasteiger partial charge in [-0.05, 0) is 68.6 Å². The quantitative estimate of drug-likeness (QED) is 0.756. The highest BCUT2D eigenvalue weighted by atomic mass is 16.5. The number of carbonyl (C=O) groups excluding carboxylic acids is 1. The summed E-state index contributed by atoms with van der Waals surface area (Å²) in [5.74, 6) is -0.290. The van der Waals surface area contributed by atoms with Gasteiger partial charge in [0, 0.05) is 31.9 Å². The fraction of sp³-hybridized carbons (Fsp3) is 0.538. The number of aryl methyl sites for hydroxylation is 2. The lowest BCUT2D eigenvalue weighted by Gasteiger charge is -2.39. The van der Waals surface area contributed by atoms with Crippen molar-refractivity contribution in [2.75, 3.05) is 19.6 Å². The number of H-pyrrole nitrogens is 1. The maximum Gasteiger partial charge on any atom is 0.261 e. The first-order chi connectivity index (χ1) is 15.6. The van der Waals surface area contributed by atoms with Crippen LogP contribution in [0.4, 0.5) is 0 Å². The number of ether oxygens (including phenoxy) is 1. The number of carbonyl (C=O) groups is 1. The van der Waals surface area contributed by atoms with Gasteiger partial charge in [-0.25, -0.2) is 0 Å². The minimum atomic E-state index is -0.290. The smallest absolute Gasteiger partial charge is 0.261 e. The van der Waals surface area contributed by atoms with Gasteiger partial charge in [-0.1, -0.05) is 30.3 Å². The van der Waals surface area contributed by atoms with Crippen LogP contribution in [0.1, 0.15) is 65.7 Å². The van der Waals surface area contributed by atoms with Gasteiger partial charge in [0.25, 0.3) is 11.5 Å². The zero-order chi connectivity index (χ0) is 22.0. The maximum absolute atomic E-state index is 12.7. The van der Waals surface area contributed by atoms with Crippen LogP contribution in [0.3, 0.4) is 0 Å². The highest BCUT2D eigenvalue weighted by Crippen LogP contribution is 2.39. The number of likely N-dealkylation sites (tertiary alicyclic amines) is 1. The third-order valence-electron chi connectivity index (χ3n) is 7.43. The minimum Gasteiger partial charge on any atom is -0.370 e. The van der Waals surface area contributed by atoms with E-state index in [1.54, 1.807) is 6.07 Å². The van der Waals surface area contributed by atoms with Crippen molar-refractivity contribution >= 4 is 5.91 Å². The second kappa shape index (κ2) is 9.20. The van der Waals surface area contributed by atoms with Crippen LogP contribution in [-0.4, -0.2) is 47.1 Å². The number of nitrogens with one attached hydrogen (secondary N) is 2. The van der Waals surface area contributed by atoms with Crippen LogP contribution in [0.2, 0.25) is 0 Å². The number of nitrogens with zero attached hydrogens (tertiary/aromatic N) is 1. The topological polar surface area (TPSA) is 74.4 Å². The van der Waals surface area contributed by atoms with E-state index in [0.29, 0.717) is 6.54 Å². The standard InChI is InChI=1S/C26H33N3O3/c30-24(22-16-20-8-4-5-9-23(20)28-25(22)31)27-17-21-10-11-26(32-21)12-14-29(15-13-26)18-19-6-2-1-3-7-19/h1-3,6-7,16,21H,4-5,8-15,17-18H2,(H,27,30)(H,28,31). The van der Waals surface area contributed by atoms with Gasteiger partial charge in [-0.3, -0.25) is 14.5 Å². The van der Waals surface area contributed by atoms with Crippen molar-refractivity contribution in [1.29, 1.82) is 0 Å². The van der Waals surface area contributed by atoms with Crippen molar-refractivity contribution in [3.05, 3.63) is 69.1 Å². The first-order valence-corrected chi connectivity index (χ1v) is 12.1. The number of aromatic nitrogens is 1. The van der Waals surface area contributed by atoms with Crippen LogP contribution in [0.15, 0.2) is 41.2 Å². The van der Waals surface area contributed by atoms with E-state index in [-0.39, 0.29) is 28.7 Å². The monoisotopic (exact) mass is 435 g/mol. The second-order valence-electron chi connectivity index (χ2n) is 9.66. The van der Waals surface area contributed by atoms with Crippen molar-refractivity contribution in [3.63, 3.8) is 0 Å². The molecule has 2 N–H and O–H groups in total. The van der Waals surface area contributed by atoms with Gasteiger partial charge in [-0.2, -0.15) is 0 Å². The summed E-state index contributed by atoms with van der Waals surface area (Å²) in [6.07, 6.45) is 8.14. The Hall–Kier alpha value is -2.44. The largest absolute Gasteiger partial charge is 0.370 e. The molecular formula is C26H33N3O3. The SMILES string of the molecule is O=C(NCC1CCC2(CCN(Cc3ccccc3)CC2)O1)c1cc2c([nH]c1=O)CCCC2. The number of aromatic amines is 1. The molecule has 1 aliphatic carbocycles. The molecule has 1 spiro atoms. The molecule has 0 bridgehead atoms. The van der Waals surface area contributed by atoms with Gasteiger partial charge in [0.05, 0.1) is 11.7 Å². The highest BCUT2D eigenvalue weighted by molar-refractivity contribution is 5.94. The molecule has 0 radical (unpaired) electrons. The predicted octanol–water partition coefficient (Wildman–Crippen LogP) is 3.20. The normalized spacial score (nSPS) is 22.6. The Balaban J connectivity index is 1.12. The lowest BCUT2D eigenvalue weighted by atomic mass is 9.88. The summed E-state index contributed by atoms with van der Waals surface area (Å²) in [6.45, 7) is 3.54. The van der Waals surface area contributed by atoms with E-state index in [0.717, 1.165) is 82.3 Å². The van der Waals surface area contributed by atoms with Crippen molar-refractivity contribution < 1.29 is 9.53 Å². The van der Waals surface area contributed by atoms with Crippen LogP contribution in [0.5, 0.6) is 0 Å². The number of piperidine rings is 1. The molecule has 1 aromatic heterocycles. The van der Waals surface area contributed by atoms with E-state index in [9.17, 15) is 9.59 Å². The number of benzene rings is 1. The number of hydrogen-bond donors (Lipinski definition) is 2. The number of pyridine rings is 1. The summed E-state index contributed by atoms with van der Waals surface area (Å²) in [6, 6.07) is 12.4. The summed E-state index contributed by atoms with van der Waals surface area (Å²) < 4.78 is 6.47. The van der Waals surface area contributed by atoms with Gasteiger partial charge < -0.3 is 15.0 Å². The van der Waals surface area contributed by atoms with Gasteiger partial charge in [0.1, 0.15) is 5.56 Å². The molecule has 1 atom stereocenters. The molecule has 6 heteroatoms. The Morgan fingerprint density at radius 2 is 1.91 bits per heavy atom. The molecule has 170 valence electrons. The Bertz CT molecular complexity index is 1010. The van der Waals surface area contributed by atoms with Crippen molar-refractivity contribution in [2.24, 2.45) is 0 Å². The third-order valence-corrected chi connectivity index (χ3v) is 7.43. The molecule has 1 amide bonds. The zero-order valence-corrected chi connectivity index (χ0v) is 18.7. The molecule has 3 aliphatic rings. The van der Waals surface area contributed by atoms with E-state index in [1.165, 1.54) is 5.56 Å². The average molecular weight is 436 g/mol. The van der Waals surface area contributed by atoms with Crippen LogP contribution in [0, 0.1) is 0 Å². The Morgan fingerprint density at radius 3 is 2.72 bits per heavy atom. The maximum atomic E-state index is 12.7. The van der Waals surface area contributed by atoms with Crippen molar-refractivity contribution in [2.45, 2.75) is 69.6 Å². The fourth-order valence-corrected chi connectivity index (χ4v) is 5.51. The van der Waals surface area contributed by atoms with Crippen LogP contribution >= 0.6 is 0 Å². The molecule has 1 unspecified atom stereocenters. The zero-order valence-electron chi connectivity index (χ0n) is 18.7. The summed E-state index contributed by atoms with van der Waals surface area (Å²) >= 11 is 0. The first kappa shape index (κ1) is 21.4. The van der Waals surface area contributed by atoms with Crippen LogP contribution in [-0.2, 0) is 24.1 Å². The summed E-state index contributed by atoms with van der Waals surface area (Å²) in [5, 5.41) is 2.96.